The van der Waals surface area contributed by atoms with E-state index in [1.54, 1.807) is 11.8 Å². The summed E-state index contributed by atoms with van der Waals surface area (Å²) in [5, 5.41) is 2.59. The molecule has 23 heavy (non-hydrogen) atoms. The largest absolute Gasteiger partial charge is 0.342 e. The minimum absolute atomic E-state index is 0.0413. The highest BCUT2D eigenvalue weighted by molar-refractivity contribution is 7.99. The normalized spacial score (nSPS) is 17.0. The van der Waals surface area contributed by atoms with Gasteiger partial charge >= 0.3 is 0 Å². The molecule has 3 heteroatoms. The van der Waals surface area contributed by atoms with Crippen molar-refractivity contribution >= 4 is 28.4 Å². The van der Waals surface area contributed by atoms with Crippen LogP contribution in [0.4, 0.5) is 0 Å². The first-order valence-electron chi connectivity index (χ1n) is 8.62. The summed E-state index contributed by atoms with van der Waals surface area (Å²) in [6.07, 6.45) is 4.85. The van der Waals surface area contributed by atoms with Crippen LogP contribution in [0.1, 0.15) is 38.2 Å². The van der Waals surface area contributed by atoms with Crippen LogP contribution in [0.5, 0.6) is 0 Å². The fraction of sp³-hybridized carbons (Fsp3) is 0.450. The van der Waals surface area contributed by atoms with E-state index in [0.29, 0.717) is 5.91 Å². The summed E-state index contributed by atoms with van der Waals surface area (Å²) in [6.45, 7) is 3.94. The smallest absolute Gasteiger partial charge is 0.235 e. The zero-order valence-electron chi connectivity index (χ0n) is 13.8. The molecule has 2 nitrogen and oxygen atoms in total. The monoisotopic (exact) mass is 327 g/mol. The second kappa shape index (κ2) is 7.87. The SMILES string of the molecule is CC(SCc1ccc2ccccc2c1)C(=O)N1CCCCCC1. The van der Waals surface area contributed by atoms with Crippen molar-refractivity contribution in [1.29, 1.82) is 0 Å². The Kier molecular flexibility index (Phi) is 5.60. The molecule has 3 rings (SSSR count). The van der Waals surface area contributed by atoms with Gasteiger partial charge in [-0.15, -0.1) is 11.8 Å². The molecule has 0 aromatic heterocycles. The molecule has 0 radical (unpaired) electrons. The van der Waals surface area contributed by atoms with Gasteiger partial charge in [-0.25, -0.2) is 0 Å². The van der Waals surface area contributed by atoms with Crippen molar-refractivity contribution in [2.45, 2.75) is 43.6 Å². The first kappa shape index (κ1) is 16.4. The summed E-state index contributed by atoms with van der Waals surface area (Å²) >= 11 is 1.76. The molecule has 1 unspecified atom stereocenters. The van der Waals surface area contributed by atoms with Crippen molar-refractivity contribution in [2.24, 2.45) is 0 Å². The van der Waals surface area contributed by atoms with E-state index in [4.69, 9.17) is 0 Å². The highest BCUT2D eigenvalue weighted by Gasteiger charge is 2.21. The number of fused-ring (bicyclic) bond motifs is 1. The number of carbonyl (C=O) groups excluding carboxylic acids is 1. The molecule has 1 saturated heterocycles. The molecule has 122 valence electrons. The highest BCUT2D eigenvalue weighted by Crippen LogP contribution is 2.23. The lowest BCUT2D eigenvalue weighted by molar-refractivity contribution is -0.130. The Balaban J connectivity index is 1.58. The Hall–Kier alpha value is -1.48. The zero-order chi connectivity index (χ0) is 16.1. The third-order valence-corrected chi connectivity index (χ3v) is 5.78. The number of amides is 1. The van der Waals surface area contributed by atoms with Crippen LogP contribution in [0, 0.1) is 0 Å². The maximum absolute atomic E-state index is 12.6. The number of nitrogens with zero attached hydrogens (tertiary/aromatic N) is 1. The van der Waals surface area contributed by atoms with Gasteiger partial charge in [-0.05, 0) is 36.1 Å². The van der Waals surface area contributed by atoms with Crippen LogP contribution in [0.3, 0.4) is 0 Å². The molecular weight excluding hydrogens is 302 g/mol. The molecule has 2 aromatic rings. The molecule has 0 saturated carbocycles. The van der Waals surface area contributed by atoms with Crippen LogP contribution >= 0.6 is 11.8 Å². The predicted octanol–water partition coefficient (Wildman–Crippen LogP) is 4.86. The van der Waals surface area contributed by atoms with Gasteiger partial charge < -0.3 is 4.90 Å². The Labute approximate surface area is 143 Å². The average Bonchev–Trinajstić information content (AvgIpc) is 2.88. The molecule has 1 heterocycles. The van der Waals surface area contributed by atoms with Crippen molar-refractivity contribution in [1.82, 2.24) is 4.90 Å². The third kappa shape index (κ3) is 4.29. The molecule has 1 atom stereocenters. The van der Waals surface area contributed by atoms with Crippen LogP contribution in [-0.4, -0.2) is 29.1 Å². The van der Waals surface area contributed by atoms with Gasteiger partial charge in [0.05, 0.1) is 5.25 Å². The van der Waals surface area contributed by atoms with Gasteiger partial charge in [-0.1, -0.05) is 55.3 Å². The Bertz CT molecular complexity index is 661. The lowest BCUT2D eigenvalue weighted by Crippen LogP contribution is -2.37. The lowest BCUT2D eigenvalue weighted by atomic mass is 10.1. The van der Waals surface area contributed by atoms with Crippen molar-refractivity contribution in [3.63, 3.8) is 0 Å². The molecule has 2 aromatic carbocycles. The van der Waals surface area contributed by atoms with Crippen molar-refractivity contribution in [2.75, 3.05) is 13.1 Å². The average molecular weight is 327 g/mol. The van der Waals surface area contributed by atoms with E-state index in [0.717, 1.165) is 31.7 Å². The fourth-order valence-corrected chi connectivity index (χ4v) is 4.08. The van der Waals surface area contributed by atoms with Gasteiger partial charge in [0.15, 0.2) is 0 Å². The summed E-state index contributed by atoms with van der Waals surface area (Å²) in [5.41, 5.74) is 1.30. The minimum Gasteiger partial charge on any atom is -0.342 e. The van der Waals surface area contributed by atoms with E-state index in [9.17, 15) is 4.79 Å². The number of likely N-dealkylation sites (tertiary alicyclic amines) is 1. The summed E-state index contributed by atoms with van der Waals surface area (Å²) in [7, 11) is 0. The van der Waals surface area contributed by atoms with Gasteiger partial charge in [0.2, 0.25) is 5.91 Å². The Morgan fingerprint density at radius 2 is 1.74 bits per heavy atom. The Morgan fingerprint density at radius 1 is 1.04 bits per heavy atom. The molecule has 1 fully saturated rings. The molecular formula is C20H25NOS. The summed E-state index contributed by atoms with van der Waals surface area (Å²) in [4.78, 5) is 14.7. The Morgan fingerprint density at radius 3 is 2.48 bits per heavy atom. The van der Waals surface area contributed by atoms with Gasteiger partial charge in [0.25, 0.3) is 0 Å². The number of rotatable bonds is 4. The predicted molar refractivity (Wildman–Crippen MR) is 99.8 cm³/mol. The van der Waals surface area contributed by atoms with Crippen LogP contribution in [0.2, 0.25) is 0 Å². The third-order valence-electron chi connectivity index (χ3n) is 4.58. The van der Waals surface area contributed by atoms with E-state index >= 15 is 0 Å². The maximum Gasteiger partial charge on any atom is 0.235 e. The first-order valence-corrected chi connectivity index (χ1v) is 9.67. The van der Waals surface area contributed by atoms with Gasteiger partial charge in [0, 0.05) is 18.8 Å². The molecule has 0 N–H and O–H groups in total. The van der Waals surface area contributed by atoms with Crippen LogP contribution in [0.25, 0.3) is 10.8 Å². The summed E-state index contributed by atoms with van der Waals surface area (Å²) in [5.74, 6) is 1.21. The zero-order valence-corrected chi connectivity index (χ0v) is 14.6. The molecule has 0 aliphatic carbocycles. The van der Waals surface area contributed by atoms with Crippen LogP contribution in [-0.2, 0) is 10.5 Å². The molecule has 0 spiro atoms. The number of thioether (sulfide) groups is 1. The molecule has 0 bridgehead atoms. The van der Waals surface area contributed by atoms with E-state index < -0.39 is 0 Å². The maximum atomic E-state index is 12.6. The number of benzene rings is 2. The lowest BCUT2D eigenvalue weighted by Gasteiger charge is -2.23. The van der Waals surface area contributed by atoms with Crippen molar-refractivity contribution in [3.05, 3.63) is 48.0 Å². The fourth-order valence-electron chi connectivity index (χ4n) is 3.17. The standard InChI is InChI=1S/C20H25NOS/c1-16(20(22)21-12-6-2-3-7-13-21)23-15-17-10-11-18-8-4-5-9-19(18)14-17/h4-5,8-11,14,16H,2-3,6-7,12-13,15H2,1H3. The van der Waals surface area contributed by atoms with Crippen LogP contribution < -0.4 is 0 Å². The number of hydrogen-bond acceptors (Lipinski definition) is 2. The number of carbonyl (C=O) groups is 1. The number of hydrogen-bond donors (Lipinski definition) is 0. The molecule has 1 amide bonds. The van der Waals surface area contributed by atoms with Crippen molar-refractivity contribution in [3.8, 4) is 0 Å². The van der Waals surface area contributed by atoms with Crippen LogP contribution in [0.15, 0.2) is 42.5 Å². The summed E-state index contributed by atoms with van der Waals surface area (Å²) in [6, 6.07) is 15.0. The van der Waals surface area contributed by atoms with E-state index in [2.05, 4.69) is 54.3 Å². The van der Waals surface area contributed by atoms with E-state index in [1.807, 2.05) is 0 Å². The topological polar surface area (TPSA) is 20.3 Å². The molecule has 1 aliphatic rings. The highest BCUT2D eigenvalue weighted by atomic mass is 32.2. The second-order valence-corrected chi connectivity index (χ2v) is 7.70. The first-order chi connectivity index (χ1) is 11.2. The van der Waals surface area contributed by atoms with E-state index in [1.165, 1.54) is 29.2 Å². The van der Waals surface area contributed by atoms with Gasteiger partial charge in [-0.2, -0.15) is 0 Å². The van der Waals surface area contributed by atoms with E-state index in [-0.39, 0.29) is 5.25 Å². The minimum atomic E-state index is 0.0413. The quantitative estimate of drug-likeness (QED) is 0.799. The van der Waals surface area contributed by atoms with Gasteiger partial charge in [0.1, 0.15) is 0 Å². The van der Waals surface area contributed by atoms with Crippen molar-refractivity contribution < 1.29 is 4.79 Å². The summed E-state index contributed by atoms with van der Waals surface area (Å²) < 4.78 is 0. The van der Waals surface area contributed by atoms with Gasteiger partial charge in [-0.3, -0.25) is 4.79 Å². The molecule has 1 aliphatic heterocycles. The second-order valence-electron chi connectivity index (χ2n) is 6.37.